The maximum absolute atomic E-state index is 12.6. The van der Waals surface area contributed by atoms with Crippen LogP contribution in [0.25, 0.3) is 0 Å². The summed E-state index contributed by atoms with van der Waals surface area (Å²) in [6.07, 6.45) is 15.4. The fraction of sp³-hybridized carbons (Fsp3) is 0.440. The van der Waals surface area contributed by atoms with Crippen molar-refractivity contribution in [2.75, 3.05) is 0 Å². The predicted octanol–water partition coefficient (Wildman–Crippen LogP) is 5.59. The van der Waals surface area contributed by atoms with E-state index in [1.165, 1.54) is 5.57 Å². The Balaban J connectivity index is 2.75. The molecule has 0 saturated carbocycles. The number of ketones is 1. The molecule has 0 fully saturated rings. The van der Waals surface area contributed by atoms with E-state index in [-0.39, 0.29) is 17.3 Å². The van der Waals surface area contributed by atoms with Crippen LogP contribution < -0.4 is 0 Å². The zero-order chi connectivity index (χ0) is 21.3. The molecule has 0 aromatic carbocycles. The van der Waals surface area contributed by atoms with Gasteiger partial charge < -0.3 is 5.11 Å². The summed E-state index contributed by atoms with van der Waals surface area (Å²) in [5.41, 5.74) is 4.62. The van der Waals surface area contributed by atoms with Crippen LogP contribution in [-0.4, -0.2) is 23.3 Å². The molecule has 3 heteroatoms. The van der Waals surface area contributed by atoms with Crippen molar-refractivity contribution >= 4 is 12.1 Å². The van der Waals surface area contributed by atoms with Crippen molar-refractivity contribution in [1.29, 1.82) is 0 Å². The summed E-state index contributed by atoms with van der Waals surface area (Å²) in [6, 6.07) is 0. The van der Waals surface area contributed by atoms with E-state index < -0.39 is 0 Å². The number of aliphatic hydroxyl groups excluding tert-OH is 1. The highest BCUT2D eigenvalue weighted by molar-refractivity contribution is 5.96. The molecule has 1 aliphatic carbocycles. The molecule has 1 N–H and O–H groups in total. The van der Waals surface area contributed by atoms with Gasteiger partial charge in [0.05, 0.1) is 6.10 Å². The number of aliphatic hydroxyl groups is 1. The molecule has 152 valence electrons. The van der Waals surface area contributed by atoms with Crippen molar-refractivity contribution in [1.82, 2.24) is 0 Å². The van der Waals surface area contributed by atoms with Gasteiger partial charge in [-0.25, -0.2) is 0 Å². The number of carbonyl (C=O) groups is 2. The van der Waals surface area contributed by atoms with Crippen LogP contribution in [0.1, 0.15) is 60.8 Å². The fourth-order valence-corrected chi connectivity index (χ4v) is 3.48. The maximum Gasteiger partial charge on any atom is 0.162 e. The van der Waals surface area contributed by atoms with Gasteiger partial charge in [0.2, 0.25) is 0 Å². The third kappa shape index (κ3) is 7.77. The monoisotopic (exact) mass is 382 g/mol. The molecule has 1 atom stereocenters. The number of carbonyl (C=O) groups excluding carboxylic acids is 2. The first kappa shape index (κ1) is 23.8. The molecule has 1 rings (SSSR count). The van der Waals surface area contributed by atoms with Crippen molar-refractivity contribution in [3.8, 4) is 0 Å². The highest BCUT2D eigenvalue weighted by Crippen LogP contribution is 2.42. The van der Waals surface area contributed by atoms with Crippen LogP contribution in [-0.2, 0) is 9.59 Å². The quantitative estimate of drug-likeness (QED) is 0.257. The highest BCUT2D eigenvalue weighted by Gasteiger charge is 2.33. The average Bonchev–Trinajstić information content (AvgIpc) is 2.60. The van der Waals surface area contributed by atoms with Crippen LogP contribution in [0.2, 0.25) is 0 Å². The van der Waals surface area contributed by atoms with Crippen molar-refractivity contribution in [2.24, 2.45) is 5.41 Å². The van der Waals surface area contributed by atoms with Gasteiger partial charge in [-0.05, 0) is 57.1 Å². The molecule has 0 radical (unpaired) electrons. The molecule has 28 heavy (non-hydrogen) atoms. The molecular weight excluding hydrogens is 348 g/mol. The van der Waals surface area contributed by atoms with Crippen molar-refractivity contribution < 1.29 is 14.7 Å². The molecule has 0 saturated heterocycles. The van der Waals surface area contributed by atoms with Gasteiger partial charge in [0.25, 0.3) is 0 Å². The Labute approximate surface area is 169 Å². The van der Waals surface area contributed by atoms with Gasteiger partial charge in [0.15, 0.2) is 5.78 Å². The molecule has 3 nitrogen and oxygen atoms in total. The van der Waals surface area contributed by atoms with Crippen molar-refractivity contribution in [3.05, 3.63) is 70.4 Å². The molecule has 0 unspecified atom stereocenters. The van der Waals surface area contributed by atoms with Crippen LogP contribution >= 0.6 is 0 Å². The summed E-state index contributed by atoms with van der Waals surface area (Å²) in [5, 5.41) is 9.99. The van der Waals surface area contributed by atoms with Gasteiger partial charge >= 0.3 is 0 Å². The first-order chi connectivity index (χ1) is 13.1. The molecule has 0 spiro atoms. The standard InChI is InChI=1S/C25H34O3/c1-18(10-7-8-11-19(2)17-26)12-9-13-20(3)24(28)15-23-21(4)14-22(27)16-25(23,5)6/h7-13,17,22,27H,14-16H2,1-6H3/b8-7+,12-9-,18-10+,19-11+,20-13+/t22-/m1/s1. The lowest BCUT2D eigenvalue weighted by atomic mass is 9.70. The van der Waals surface area contributed by atoms with E-state index in [1.54, 1.807) is 13.0 Å². The van der Waals surface area contributed by atoms with Gasteiger partial charge in [0, 0.05) is 6.42 Å². The molecule has 0 aromatic heterocycles. The minimum Gasteiger partial charge on any atom is -0.393 e. The largest absolute Gasteiger partial charge is 0.393 e. The number of allylic oxidation sites excluding steroid dienone is 11. The zero-order valence-electron chi connectivity index (χ0n) is 18.1. The number of hydrogen-bond acceptors (Lipinski definition) is 3. The van der Waals surface area contributed by atoms with Gasteiger partial charge in [-0.1, -0.05) is 73.1 Å². The lowest BCUT2D eigenvalue weighted by molar-refractivity contribution is -0.115. The van der Waals surface area contributed by atoms with Crippen LogP contribution in [0.3, 0.4) is 0 Å². The Morgan fingerprint density at radius 2 is 1.68 bits per heavy atom. The molecular formula is C25H34O3. The molecule has 0 bridgehead atoms. The number of Topliss-reactive ketones (excluding diaryl/α,β-unsaturated/α-hetero) is 1. The third-order valence-electron chi connectivity index (χ3n) is 5.12. The summed E-state index contributed by atoms with van der Waals surface area (Å²) in [6.45, 7) is 11.8. The van der Waals surface area contributed by atoms with Crippen LogP contribution in [0.4, 0.5) is 0 Å². The SMILES string of the molecule is CC1=C(CC(=O)/C(C)=C/C=C\C(C)=C\C=C\C=C(/C)C=O)C(C)(C)C[C@H](O)C1. The lowest BCUT2D eigenvalue weighted by Crippen LogP contribution is -2.30. The minimum atomic E-state index is -0.310. The third-order valence-corrected chi connectivity index (χ3v) is 5.12. The van der Waals surface area contributed by atoms with E-state index in [9.17, 15) is 14.7 Å². The summed E-state index contributed by atoms with van der Waals surface area (Å²) < 4.78 is 0. The van der Waals surface area contributed by atoms with E-state index in [0.29, 0.717) is 24.8 Å². The second kappa shape index (κ2) is 10.9. The van der Waals surface area contributed by atoms with E-state index in [2.05, 4.69) is 13.8 Å². The highest BCUT2D eigenvalue weighted by atomic mass is 16.3. The summed E-state index contributed by atoms with van der Waals surface area (Å²) in [4.78, 5) is 23.2. The van der Waals surface area contributed by atoms with E-state index >= 15 is 0 Å². The van der Waals surface area contributed by atoms with Crippen LogP contribution in [0.5, 0.6) is 0 Å². The minimum absolute atomic E-state index is 0.125. The van der Waals surface area contributed by atoms with Crippen molar-refractivity contribution in [2.45, 2.75) is 66.9 Å². The zero-order valence-corrected chi connectivity index (χ0v) is 18.1. The Bertz CT molecular complexity index is 768. The molecule has 0 aliphatic heterocycles. The Kier molecular flexibility index (Phi) is 9.27. The normalized spacial score (nSPS) is 21.7. The summed E-state index contributed by atoms with van der Waals surface area (Å²) >= 11 is 0. The van der Waals surface area contributed by atoms with Crippen LogP contribution in [0.15, 0.2) is 70.4 Å². The van der Waals surface area contributed by atoms with E-state index in [4.69, 9.17) is 0 Å². The van der Waals surface area contributed by atoms with Gasteiger partial charge in [-0.3, -0.25) is 9.59 Å². The van der Waals surface area contributed by atoms with Crippen LogP contribution in [0, 0.1) is 5.41 Å². The second-order valence-corrected chi connectivity index (χ2v) is 8.34. The molecule has 0 amide bonds. The molecule has 0 aromatic rings. The van der Waals surface area contributed by atoms with Gasteiger partial charge in [0.1, 0.15) is 6.29 Å². The van der Waals surface area contributed by atoms with Gasteiger partial charge in [-0.15, -0.1) is 0 Å². The number of rotatable bonds is 8. The number of hydrogen-bond donors (Lipinski definition) is 1. The van der Waals surface area contributed by atoms with E-state index in [1.807, 2.05) is 57.2 Å². The van der Waals surface area contributed by atoms with Gasteiger partial charge in [-0.2, -0.15) is 0 Å². The predicted molar refractivity (Wildman–Crippen MR) is 117 cm³/mol. The lowest BCUT2D eigenvalue weighted by Gasteiger charge is -2.37. The number of aldehydes is 1. The molecule has 0 heterocycles. The maximum atomic E-state index is 12.6. The first-order valence-electron chi connectivity index (χ1n) is 9.79. The average molecular weight is 383 g/mol. The second-order valence-electron chi connectivity index (χ2n) is 8.34. The summed E-state index contributed by atoms with van der Waals surface area (Å²) in [5.74, 6) is 0.125. The topological polar surface area (TPSA) is 54.4 Å². The summed E-state index contributed by atoms with van der Waals surface area (Å²) in [7, 11) is 0. The molecule has 1 aliphatic rings. The Morgan fingerprint density at radius 1 is 1.07 bits per heavy atom. The fourth-order valence-electron chi connectivity index (χ4n) is 3.48. The first-order valence-corrected chi connectivity index (χ1v) is 9.79. The Hall–Kier alpha value is -2.26. The van der Waals surface area contributed by atoms with Crippen molar-refractivity contribution in [3.63, 3.8) is 0 Å². The smallest absolute Gasteiger partial charge is 0.162 e. The van der Waals surface area contributed by atoms with E-state index in [0.717, 1.165) is 23.0 Å². The Morgan fingerprint density at radius 3 is 2.25 bits per heavy atom.